The van der Waals surface area contributed by atoms with E-state index >= 15 is 0 Å². The zero-order valence-electron chi connectivity index (χ0n) is 10.5. The maximum atomic E-state index is 13.0. The van der Waals surface area contributed by atoms with Crippen molar-refractivity contribution in [3.8, 4) is 0 Å². The maximum Gasteiger partial charge on any atom is 0.233 e. The zero-order chi connectivity index (χ0) is 13.2. The number of hydrogen-bond acceptors (Lipinski definition) is 3. The molecule has 19 heavy (non-hydrogen) atoms. The fourth-order valence-electron chi connectivity index (χ4n) is 2.56. The van der Waals surface area contributed by atoms with Crippen LogP contribution in [-0.2, 0) is 9.53 Å². The van der Waals surface area contributed by atoms with Gasteiger partial charge in [0.15, 0.2) is 0 Å². The predicted octanol–water partition coefficient (Wildman–Crippen LogP) is 2.58. The second-order valence-corrected chi connectivity index (χ2v) is 5.96. The van der Waals surface area contributed by atoms with Gasteiger partial charge in [-0.05, 0) is 30.5 Å². The Hall–Kier alpha value is -1.07. The molecule has 3 nitrogen and oxygen atoms in total. The van der Waals surface area contributed by atoms with Gasteiger partial charge in [-0.2, -0.15) is 0 Å². The van der Waals surface area contributed by atoms with Gasteiger partial charge in [0.2, 0.25) is 5.91 Å². The van der Waals surface area contributed by atoms with E-state index in [-0.39, 0.29) is 23.2 Å². The number of benzene rings is 1. The zero-order valence-corrected chi connectivity index (χ0v) is 11.4. The minimum Gasteiger partial charge on any atom is -0.376 e. The molecule has 0 bridgehead atoms. The normalized spacial score (nSPS) is 27.2. The molecule has 3 rings (SSSR count). The van der Waals surface area contributed by atoms with Crippen LogP contribution in [0.4, 0.5) is 4.39 Å². The van der Waals surface area contributed by atoms with Gasteiger partial charge in [0.25, 0.3) is 0 Å². The molecule has 2 heterocycles. The number of thioether (sulfide) groups is 1. The smallest absolute Gasteiger partial charge is 0.233 e. The molecule has 1 aromatic carbocycles. The summed E-state index contributed by atoms with van der Waals surface area (Å²) in [4.78, 5) is 13.9. The summed E-state index contributed by atoms with van der Waals surface area (Å²) in [6.45, 7) is 1.44. The standard InChI is InChI=1S/C14H16FNO2S/c15-11-5-3-10(4-6-11)14-16(13(17)9-19-14)8-12-2-1-7-18-12/h3-6,12,14H,1-2,7-9H2. The summed E-state index contributed by atoms with van der Waals surface area (Å²) in [5.74, 6) is 0.396. The van der Waals surface area contributed by atoms with E-state index < -0.39 is 0 Å². The minimum absolute atomic E-state index is 0.00250. The average Bonchev–Trinajstić information content (AvgIpc) is 3.03. The predicted molar refractivity (Wildman–Crippen MR) is 72.3 cm³/mol. The lowest BCUT2D eigenvalue weighted by atomic mass is 10.1. The molecular weight excluding hydrogens is 265 g/mol. The van der Waals surface area contributed by atoms with E-state index in [4.69, 9.17) is 4.74 Å². The Morgan fingerprint density at radius 3 is 2.84 bits per heavy atom. The third-order valence-corrected chi connectivity index (χ3v) is 4.80. The van der Waals surface area contributed by atoms with E-state index in [9.17, 15) is 9.18 Å². The van der Waals surface area contributed by atoms with Crippen molar-refractivity contribution in [2.75, 3.05) is 18.9 Å². The van der Waals surface area contributed by atoms with Crippen molar-refractivity contribution in [1.29, 1.82) is 0 Å². The first-order valence-electron chi connectivity index (χ1n) is 6.52. The van der Waals surface area contributed by atoms with Crippen molar-refractivity contribution in [2.24, 2.45) is 0 Å². The molecule has 2 atom stereocenters. The number of amides is 1. The molecule has 2 saturated heterocycles. The molecule has 2 unspecified atom stereocenters. The Bertz CT molecular complexity index is 459. The first kappa shape index (κ1) is 12.9. The van der Waals surface area contributed by atoms with E-state index in [0.29, 0.717) is 12.3 Å². The Morgan fingerprint density at radius 2 is 2.16 bits per heavy atom. The first-order valence-corrected chi connectivity index (χ1v) is 7.57. The first-order chi connectivity index (χ1) is 9.24. The van der Waals surface area contributed by atoms with E-state index in [1.54, 1.807) is 23.9 Å². The molecule has 0 N–H and O–H groups in total. The number of ether oxygens (including phenoxy) is 1. The van der Waals surface area contributed by atoms with E-state index in [0.717, 1.165) is 25.0 Å². The van der Waals surface area contributed by atoms with Gasteiger partial charge in [-0.3, -0.25) is 4.79 Å². The van der Waals surface area contributed by atoms with Crippen molar-refractivity contribution >= 4 is 17.7 Å². The lowest BCUT2D eigenvalue weighted by Gasteiger charge is -2.26. The average molecular weight is 281 g/mol. The van der Waals surface area contributed by atoms with Crippen LogP contribution in [-0.4, -0.2) is 35.8 Å². The van der Waals surface area contributed by atoms with Gasteiger partial charge in [-0.15, -0.1) is 11.8 Å². The van der Waals surface area contributed by atoms with Crippen molar-refractivity contribution in [3.05, 3.63) is 35.6 Å². The molecular formula is C14H16FNO2S. The third-order valence-electron chi connectivity index (χ3n) is 3.55. The molecule has 1 aromatic rings. The van der Waals surface area contributed by atoms with E-state index in [1.165, 1.54) is 12.1 Å². The summed E-state index contributed by atoms with van der Waals surface area (Å²) in [7, 11) is 0. The van der Waals surface area contributed by atoms with Crippen LogP contribution in [0.25, 0.3) is 0 Å². The molecule has 1 amide bonds. The number of halogens is 1. The van der Waals surface area contributed by atoms with Crippen LogP contribution >= 0.6 is 11.8 Å². The van der Waals surface area contributed by atoms with Crippen molar-refractivity contribution < 1.29 is 13.9 Å². The molecule has 102 valence electrons. The summed E-state index contributed by atoms with van der Waals surface area (Å²) < 4.78 is 18.6. The number of nitrogens with zero attached hydrogens (tertiary/aromatic N) is 1. The lowest BCUT2D eigenvalue weighted by molar-refractivity contribution is -0.129. The highest BCUT2D eigenvalue weighted by molar-refractivity contribution is 8.00. The van der Waals surface area contributed by atoms with Crippen LogP contribution in [0.3, 0.4) is 0 Å². The highest BCUT2D eigenvalue weighted by Crippen LogP contribution is 2.39. The Balaban J connectivity index is 1.75. The Morgan fingerprint density at radius 1 is 1.37 bits per heavy atom. The van der Waals surface area contributed by atoms with Crippen molar-refractivity contribution in [3.63, 3.8) is 0 Å². The molecule has 0 radical (unpaired) electrons. The van der Waals surface area contributed by atoms with Crippen LogP contribution in [0.2, 0.25) is 0 Å². The summed E-state index contributed by atoms with van der Waals surface area (Å²) in [5.41, 5.74) is 0.982. The highest BCUT2D eigenvalue weighted by Gasteiger charge is 2.35. The van der Waals surface area contributed by atoms with Gasteiger partial charge in [0.1, 0.15) is 11.2 Å². The molecule has 0 saturated carbocycles. The number of carbonyl (C=O) groups excluding carboxylic acids is 1. The second-order valence-electron chi connectivity index (χ2n) is 4.90. The van der Waals surface area contributed by atoms with Crippen LogP contribution in [0, 0.1) is 5.82 Å². The van der Waals surface area contributed by atoms with Gasteiger partial charge in [-0.1, -0.05) is 12.1 Å². The molecule has 0 spiro atoms. The molecule has 2 aliphatic rings. The molecule has 0 aromatic heterocycles. The fourth-order valence-corrected chi connectivity index (χ4v) is 3.76. The summed E-state index contributed by atoms with van der Waals surface area (Å²) in [6.07, 6.45) is 2.25. The molecule has 0 aliphatic carbocycles. The minimum atomic E-state index is -0.247. The van der Waals surface area contributed by atoms with Gasteiger partial charge in [0.05, 0.1) is 11.9 Å². The van der Waals surface area contributed by atoms with E-state index in [1.807, 2.05) is 4.90 Å². The summed E-state index contributed by atoms with van der Waals surface area (Å²) >= 11 is 1.60. The quantitative estimate of drug-likeness (QED) is 0.853. The second kappa shape index (κ2) is 5.51. The van der Waals surface area contributed by atoms with Crippen LogP contribution < -0.4 is 0 Å². The Labute approximate surface area is 116 Å². The Kier molecular flexibility index (Phi) is 3.75. The fraction of sp³-hybridized carbons (Fsp3) is 0.500. The topological polar surface area (TPSA) is 29.5 Å². The summed E-state index contributed by atoms with van der Waals surface area (Å²) in [5, 5.41) is -0.00250. The van der Waals surface area contributed by atoms with Crippen LogP contribution in [0.5, 0.6) is 0 Å². The van der Waals surface area contributed by atoms with Gasteiger partial charge in [0, 0.05) is 13.2 Å². The van der Waals surface area contributed by atoms with Gasteiger partial charge < -0.3 is 9.64 Å². The highest BCUT2D eigenvalue weighted by atomic mass is 32.2. The van der Waals surface area contributed by atoms with Crippen LogP contribution in [0.1, 0.15) is 23.8 Å². The van der Waals surface area contributed by atoms with Gasteiger partial charge in [-0.25, -0.2) is 4.39 Å². The number of hydrogen-bond donors (Lipinski definition) is 0. The lowest BCUT2D eigenvalue weighted by Crippen LogP contribution is -2.35. The van der Waals surface area contributed by atoms with E-state index in [2.05, 4.69) is 0 Å². The molecule has 2 fully saturated rings. The molecule has 2 aliphatic heterocycles. The summed E-state index contributed by atoms with van der Waals surface area (Å²) in [6, 6.07) is 6.41. The number of carbonyl (C=O) groups is 1. The SMILES string of the molecule is O=C1CSC(c2ccc(F)cc2)N1CC1CCCO1. The van der Waals surface area contributed by atoms with Crippen LogP contribution in [0.15, 0.2) is 24.3 Å². The largest absolute Gasteiger partial charge is 0.376 e. The van der Waals surface area contributed by atoms with Crippen molar-refractivity contribution in [2.45, 2.75) is 24.3 Å². The molecule has 5 heteroatoms. The number of rotatable bonds is 3. The maximum absolute atomic E-state index is 13.0. The third kappa shape index (κ3) is 2.77. The monoisotopic (exact) mass is 281 g/mol. The van der Waals surface area contributed by atoms with Crippen molar-refractivity contribution in [1.82, 2.24) is 4.90 Å². The van der Waals surface area contributed by atoms with Gasteiger partial charge >= 0.3 is 0 Å².